The number of hydrogen-bond donors (Lipinski definition) is 1. The van der Waals surface area contributed by atoms with E-state index in [1.807, 2.05) is 37.3 Å². The number of furan rings is 1. The van der Waals surface area contributed by atoms with E-state index in [4.69, 9.17) is 4.42 Å². The Hall–Kier alpha value is -1.77. The van der Waals surface area contributed by atoms with E-state index < -0.39 is 0 Å². The Labute approximate surface area is 94.4 Å². The van der Waals surface area contributed by atoms with Gasteiger partial charge < -0.3 is 9.73 Å². The number of benzene rings is 1. The van der Waals surface area contributed by atoms with Crippen LogP contribution in [-0.2, 0) is 11.2 Å². The molecule has 1 heterocycles. The first-order chi connectivity index (χ1) is 7.65. The van der Waals surface area contributed by atoms with Gasteiger partial charge in [-0.15, -0.1) is 0 Å². The third-order valence-corrected chi connectivity index (χ3v) is 2.43. The van der Waals surface area contributed by atoms with Crippen LogP contribution >= 0.6 is 0 Å². The minimum atomic E-state index is -0.0105. The summed E-state index contributed by atoms with van der Waals surface area (Å²) in [7, 11) is 0. The fraction of sp³-hybridized carbons (Fsp3) is 0.308. The van der Waals surface area contributed by atoms with Gasteiger partial charge in [0, 0.05) is 24.8 Å². The van der Waals surface area contributed by atoms with E-state index in [9.17, 15) is 4.79 Å². The molecule has 0 bridgehead atoms. The second-order valence-corrected chi connectivity index (χ2v) is 4.06. The molecule has 2 aromatic rings. The van der Waals surface area contributed by atoms with Crippen molar-refractivity contribution in [2.24, 2.45) is 0 Å². The second-order valence-electron chi connectivity index (χ2n) is 4.06. The molecule has 0 radical (unpaired) electrons. The predicted octanol–water partition coefficient (Wildman–Crippen LogP) is 2.50. The molecule has 0 saturated carbocycles. The highest BCUT2D eigenvalue weighted by molar-refractivity contribution is 5.77. The number of hydrogen-bond acceptors (Lipinski definition) is 2. The SMILES string of the molecule is CC(=O)NC(C)Cc1cc2ccccc2o1. The van der Waals surface area contributed by atoms with Crippen molar-refractivity contribution in [3.63, 3.8) is 0 Å². The lowest BCUT2D eigenvalue weighted by atomic mass is 10.2. The van der Waals surface area contributed by atoms with E-state index in [1.165, 1.54) is 6.92 Å². The van der Waals surface area contributed by atoms with Crippen LogP contribution in [-0.4, -0.2) is 11.9 Å². The molecule has 2 rings (SSSR count). The minimum Gasteiger partial charge on any atom is -0.461 e. The van der Waals surface area contributed by atoms with Crippen LogP contribution in [0.5, 0.6) is 0 Å². The number of carbonyl (C=O) groups excluding carboxylic acids is 1. The highest BCUT2D eigenvalue weighted by Gasteiger charge is 2.08. The van der Waals surface area contributed by atoms with E-state index in [1.54, 1.807) is 0 Å². The van der Waals surface area contributed by atoms with Crippen molar-refractivity contribution in [3.8, 4) is 0 Å². The first-order valence-corrected chi connectivity index (χ1v) is 5.39. The summed E-state index contributed by atoms with van der Waals surface area (Å²) in [6.45, 7) is 3.49. The van der Waals surface area contributed by atoms with Gasteiger partial charge in [-0.1, -0.05) is 18.2 Å². The smallest absolute Gasteiger partial charge is 0.217 e. The Morgan fingerprint density at radius 2 is 2.19 bits per heavy atom. The lowest BCUT2D eigenvalue weighted by molar-refractivity contribution is -0.119. The summed E-state index contributed by atoms with van der Waals surface area (Å²) in [5, 5.41) is 3.94. The van der Waals surface area contributed by atoms with Crippen LogP contribution in [0.25, 0.3) is 11.0 Å². The maximum absolute atomic E-state index is 10.9. The van der Waals surface area contributed by atoms with E-state index in [-0.39, 0.29) is 11.9 Å². The molecular weight excluding hydrogens is 202 g/mol. The summed E-state index contributed by atoms with van der Waals surface area (Å²) in [6.07, 6.45) is 0.717. The Morgan fingerprint density at radius 1 is 1.44 bits per heavy atom. The van der Waals surface area contributed by atoms with Crippen molar-refractivity contribution in [2.75, 3.05) is 0 Å². The van der Waals surface area contributed by atoms with Crippen LogP contribution < -0.4 is 5.32 Å². The number of carbonyl (C=O) groups is 1. The molecule has 16 heavy (non-hydrogen) atoms. The molecule has 0 aliphatic carbocycles. The molecule has 84 valence electrons. The van der Waals surface area contributed by atoms with Crippen molar-refractivity contribution in [2.45, 2.75) is 26.3 Å². The monoisotopic (exact) mass is 217 g/mol. The molecule has 0 aliphatic heterocycles. The first kappa shape index (κ1) is 10.7. The topological polar surface area (TPSA) is 42.2 Å². The zero-order valence-electron chi connectivity index (χ0n) is 9.49. The van der Waals surface area contributed by atoms with Crippen molar-refractivity contribution in [1.29, 1.82) is 0 Å². The molecule has 3 nitrogen and oxygen atoms in total. The normalized spacial score (nSPS) is 12.6. The van der Waals surface area contributed by atoms with Crippen LogP contribution in [0.15, 0.2) is 34.7 Å². The fourth-order valence-corrected chi connectivity index (χ4v) is 1.84. The summed E-state index contributed by atoms with van der Waals surface area (Å²) >= 11 is 0. The molecule has 0 spiro atoms. The Bertz CT molecular complexity index is 468. The minimum absolute atomic E-state index is 0.0105. The average molecular weight is 217 g/mol. The number of nitrogens with one attached hydrogen (secondary N) is 1. The summed E-state index contributed by atoms with van der Waals surface area (Å²) in [6, 6.07) is 10.0. The molecule has 1 unspecified atom stereocenters. The summed E-state index contributed by atoms with van der Waals surface area (Å²) in [5.74, 6) is 0.895. The Balaban J connectivity index is 2.12. The molecule has 1 amide bonds. The molecule has 1 atom stereocenters. The zero-order valence-corrected chi connectivity index (χ0v) is 9.49. The number of rotatable bonds is 3. The maximum Gasteiger partial charge on any atom is 0.217 e. The third kappa shape index (κ3) is 2.42. The van der Waals surface area contributed by atoms with Gasteiger partial charge in [0.15, 0.2) is 0 Å². The molecule has 1 aromatic carbocycles. The van der Waals surface area contributed by atoms with E-state index >= 15 is 0 Å². The lowest BCUT2D eigenvalue weighted by Crippen LogP contribution is -2.31. The molecular formula is C13H15NO2. The molecule has 0 saturated heterocycles. The predicted molar refractivity (Wildman–Crippen MR) is 63.2 cm³/mol. The van der Waals surface area contributed by atoms with Crippen LogP contribution in [0.3, 0.4) is 0 Å². The van der Waals surface area contributed by atoms with Gasteiger partial charge in [-0.3, -0.25) is 4.79 Å². The molecule has 0 aliphatic rings. The second kappa shape index (κ2) is 4.39. The van der Waals surface area contributed by atoms with Gasteiger partial charge in [-0.05, 0) is 19.1 Å². The third-order valence-electron chi connectivity index (χ3n) is 2.43. The summed E-state index contributed by atoms with van der Waals surface area (Å²) in [5.41, 5.74) is 0.896. The van der Waals surface area contributed by atoms with Crippen LogP contribution in [0, 0.1) is 0 Å². The van der Waals surface area contributed by atoms with Crippen LogP contribution in [0.4, 0.5) is 0 Å². The number of fused-ring (bicyclic) bond motifs is 1. The van der Waals surface area contributed by atoms with Crippen LogP contribution in [0.1, 0.15) is 19.6 Å². The van der Waals surface area contributed by atoms with Crippen molar-refractivity contribution < 1.29 is 9.21 Å². The molecule has 1 N–H and O–H groups in total. The van der Waals surface area contributed by atoms with Gasteiger partial charge in [0.25, 0.3) is 0 Å². The molecule has 0 fully saturated rings. The average Bonchev–Trinajstić information content (AvgIpc) is 2.57. The summed E-state index contributed by atoms with van der Waals surface area (Å²) < 4.78 is 5.67. The van der Waals surface area contributed by atoms with Gasteiger partial charge in [0.2, 0.25) is 5.91 Å². The van der Waals surface area contributed by atoms with E-state index in [2.05, 4.69) is 5.32 Å². The number of para-hydroxylation sites is 1. The van der Waals surface area contributed by atoms with Crippen LogP contribution in [0.2, 0.25) is 0 Å². The lowest BCUT2D eigenvalue weighted by Gasteiger charge is -2.09. The quantitative estimate of drug-likeness (QED) is 0.858. The van der Waals surface area contributed by atoms with Crippen molar-refractivity contribution in [3.05, 3.63) is 36.1 Å². The van der Waals surface area contributed by atoms with Gasteiger partial charge in [-0.2, -0.15) is 0 Å². The first-order valence-electron chi connectivity index (χ1n) is 5.39. The largest absolute Gasteiger partial charge is 0.461 e. The zero-order chi connectivity index (χ0) is 11.5. The standard InChI is InChI=1S/C13H15NO2/c1-9(14-10(2)15)7-12-8-11-5-3-4-6-13(11)16-12/h3-6,8-9H,7H2,1-2H3,(H,14,15). The Kier molecular flexibility index (Phi) is 2.95. The highest BCUT2D eigenvalue weighted by atomic mass is 16.3. The fourth-order valence-electron chi connectivity index (χ4n) is 1.84. The van der Waals surface area contributed by atoms with Gasteiger partial charge in [0.05, 0.1) is 0 Å². The maximum atomic E-state index is 10.9. The van der Waals surface area contributed by atoms with Crippen molar-refractivity contribution >= 4 is 16.9 Å². The summed E-state index contributed by atoms with van der Waals surface area (Å²) in [4.78, 5) is 10.9. The van der Waals surface area contributed by atoms with Gasteiger partial charge >= 0.3 is 0 Å². The Morgan fingerprint density at radius 3 is 2.88 bits per heavy atom. The van der Waals surface area contributed by atoms with E-state index in [0.29, 0.717) is 6.42 Å². The highest BCUT2D eigenvalue weighted by Crippen LogP contribution is 2.19. The molecule has 3 heteroatoms. The van der Waals surface area contributed by atoms with Gasteiger partial charge in [-0.25, -0.2) is 0 Å². The van der Waals surface area contributed by atoms with E-state index in [0.717, 1.165) is 16.7 Å². The van der Waals surface area contributed by atoms with Gasteiger partial charge in [0.1, 0.15) is 11.3 Å². The molecule has 1 aromatic heterocycles. The van der Waals surface area contributed by atoms with Crippen molar-refractivity contribution in [1.82, 2.24) is 5.32 Å². The number of amides is 1.